The summed E-state index contributed by atoms with van der Waals surface area (Å²) in [7, 11) is -3.12. The van der Waals surface area contributed by atoms with Crippen LogP contribution in [0.25, 0.3) is 0 Å². The third-order valence-electron chi connectivity index (χ3n) is 5.35. The average Bonchev–Trinajstić information content (AvgIpc) is 2.59. The Bertz CT molecular complexity index is 684. The zero-order chi connectivity index (χ0) is 17.2. The van der Waals surface area contributed by atoms with E-state index in [0.29, 0.717) is 19.4 Å². The van der Waals surface area contributed by atoms with Gasteiger partial charge in [0.05, 0.1) is 16.5 Å². The Hall–Kier alpha value is -1.63. The number of rotatable bonds is 2. The van der Waals surface area contributed by atoms with E-state index in [2.05, 4.69) is 10.3 Å². The van der Waals surface area contributed by atoms with Gasteiger partial charge in [0.1, 0.15) is 0 Å². The smallest absolute Gasteiger partial charge is 0.317 e. The van der Waals surface area contributed by atoms with Crippen LogP contribution in [-0.4, -0.2) is 47.9 Å². The van der Waals surface area contributed by atoms with E-state index < -0.39 is 14.6 Å². The average molecular weight is 351 g/mol. The predicted molar refractivity (Wildman–Crippen MR) is 92.4 cm³/mol. The Balaban J connectivity index is 1.70. The van der Waals surface area contributed by atoms with Crippen LogP contribution in [0.4, 0.5) is 4.79 Å². The van der Waals surface area contributed by atoms with Crippen molar-refractivity contribution in [3.05, 3.63) is 30.1 Å². The fourth-order valence-corrected chi connectivity index (χ4v) is 5.96. The molecule has 1 aliphatic heterocycles. The summed E-state index contributed by atoms with van der Waals surface area (Å²) in [5.74, 6) is 0.0711. The molecule has 0 aromatic carbocycles. The minimum absolute atomic E-state index is 0.0711. The van der Waals surface area contributed by atoms with Crippen LogP contribution in [0.15, 0.2) is 24.5 Å². The van der Waals surface area contributed by atoms with Gasteiger partial charge in [-0.3, -0.25) is 4.98 Å². The number of pyridine rings is 1. The minimum atomic E-state index is -3.12. The molecule has 1 saturated carbocycles. The molecule has 3 rings (SSSR count). The first-order chi connectivity index (χ1) is 11.4. The maximum Gasteiger partial charge on any atom is 0.317 e. The van der Waals surface area contributed by atoms with Crippen molar-refractivity contribution in [3.8, 4) is 0 Å². The van der Waals surface area contributed by atoms with Gasteiger partial charge in [-0.25, -0.2) is 13.2 Å². The summed E-state index contributed by atoms with van der Waals surface area (Å²) in [4.78, 5) is 18.4. The number of aromatic nitrogens is 1. The first-order valence-corrected chi connectivity index (χ1v) is 10.3. The molecule has 1 atom stereocenters. The van der Waals surface area contributed by atoms with Gasteiger partial charge in [-0.1, -0.05) is 25.3 Å². The highest BCUT2D eigenvalue weighted by molar-refractivity contribution is 7.92. The van der Waals surface area contributed by atoms with Crippen LogP contribution in [0.5, 0.6) is 0 Å². The van der Waals surface area contributed by atoms with E-state index in [1.54, 1.807) is 17.3 Å². The summed E-state index contributed by atoms with van der Waals surface area (Å²) in [5, 5.41) is 2.97. The summed E-state index contributed by atoms with van der Waals surface area (Å²) in [6, 6.07) is 3.40. The van der Waals surface area contributed by atoms with Crippen LogP contribution in [0.3, 0.4) is 0 Å². The zero-order valence-electron chi connectivity index (χ0n) is 14.1. The number of carbonyl (C=O) groups excluding carboxylic acids is 1. The number of nitrogens with one attached hydrogen (secondary N) is 1. The van der Waals surface area contributed by atoms with Crippen LogP contribution in [0.1, 0.15) is 50.6 Å². The highest BCUT2D eigenvalue weighted by Gasteiger charge is 2.49. The van der Waals surface area contributed by atoms with Crippen LogP contribution in [-0.2, 0) is 9.84 Å². The second-order valence-electron chi connectivity index (χ2n) is 6.94. The highest BCUT2D eigenvalue weighted by atomic mass is 32.2. The molecule has 1 saturated heterocycles. The molecule has 1 aromatic rings. The fourth-order valence-electron chi connectivity index (χ4n) is 3.80. The molecule has 7 heteroatoms. The summed E-state index contributed by atoms with van der Waals surface area (Å²) >= 11 is 0. The lowest BCUT2D eigenvalue weighted by atomic mass is 9.87. The largest absolute Gasteiger partial charge is 0.331 e. The van der Waals surface area contributed by atoms with E-state index in [0.717, 1.165) is 24.8 Å². The van der Waals surface area contributed by atoms with Crippen molar-refractivity contribution in [1.82, 2.24) is 15.2 Å². The number of carbonyl (C=O) groups is 1. The number of amides is 2. The van der Waals surface area contributed by atoms with Gasteiger partial charge in [0.2, 0.25) is 0 Å². The van der Waals surface area contributed by atoms with E-state index in [4.69, 9.17) is 0 Å². The van der Waals surface area contributed by atoms with Crippen LogP contribution >= 0.6 is 0 Å². The molecule has 2 aliphatic rings. The molecular weight excluding hydrogens is 326 g/mol. The van der Waals surface area contributed by atoms with Gasteiger partial charge >= 0.3 is 6.03 Å². The second kappa shape index (κ2) is 6.70. The number of sulfone groups is 1. The van der Waals surface area contributed by atoms with Crippen molar-refractivity contribution in [2.75, 3.05) is 18.8 Å². The van der Waals surface area contributed by atoms with Gasteiger partial charge in [0.15, 0.2) is 9.84 Å². The van der Waals surface area contributed by atoms with E-state index >= 15 is 0 Å². The molecule has 132 valence electrons. The van der Waals surface area contributed by atoms with Crippen LogP contribution in [0.2, 0.25) is 0 Å². The number of hydrogen-bond acceptors (Lipinski definition) is 4. The van der Waals surface area contributed by atoms with Gasteiger partial charge < -0.3 is 10.2 Å². The van der Waals surface area contributed by atoms with Crippen molar-refractivity contribution in [2.45, 2.75) is 49.8 Å². The van der Waals surface area contributed by atoms with Gasteiger partial charge in [-0.05, 0) is 31.4 Å². The van der Waals surface area contributed by atoms with Crippen molar-refractivity contribution in [2.24, 2.45) is 0 Å². The molecule has 1 N–H and O–H groups in total. The van der Waals surface area contributed by atoms with Crippen molar-refractivity contribution in [1.29, 1.82) is 0 Å². The lowest BCUT2D eigenvalue weighted by Crippen LogP contribution is -2.60. The van der Waals surface area contributed by atoms with Crippen molar-refractivity contribution < 1.29 is 13.2 Å². The Morgan fingerprint density at radius 1 is 1.33 bits per heavy atom. The zero-order valence-corrected chi connectivity index (χ0v) is 14.9. The van der Waals surface area contributed by atoms with E-state index in [9.17, 15) is 13.2 Å². The number of hydrogen-bond donors (Lipinski definition) is 1. The summed E-state index contributed by atoms with van der Waals surface area (Å²) in [6.45, 7) is 2.50. The first-order valence-electron chi connectivity index (χ1n) is 8.61. The molecule has 2 amide bonds. The Morgan fingerprint density at radius 3 is 2.75 bits per heavy atom. The summed E-state index contributed by atoms with van der Waals surface area (Å²) in [5.41, 5.74) is 0.933. The molecule has 1 aromatic heterocycles. The second-order valence-corrected chi connectivity index (χ2v) is 9.45. The summed E-state index contributed by atoms with van der Waals surface area (Å²) in [6.07, 6.45) is 7.73. The lowest BCUT2D eigenvalue weighted by molar-refractivity contribution is 0.178. The van der Waals surface area contributed by atoms with Gasteiger partial charge in [-0.2, -0.15) is 0 Å². The van der Waals surface area contributed by atoms with E-state index in [-0.39, 0.29) is 24.4 Å². The Labute approximate surface area is 143 Å². The number of nitrogens with zero attached hydrogens (tertiary/aromatic N) is 2. The summed E-state index contributed by atoms with van der Waals surface area (Å²) < 4.78 is 24.5. The van der Waals surface area contributed by atoms with Gasteiger partial charge in [0, 0.05) is 25.5 Å². The molecule has 2 heterocycles. The Morgan fingerprint density at radius 2 is 2.08 bits per heavy atom. The van der Waals surface area contributed by atoms with Crippen molar-refractivity contribution in [3.63, 3.8) is 0 Å². The highest BCUT2D eigenvalue weighted by Crippen LogP contribution is 2.38. The first kappa shape index (κ1) is 17.2. The minimum Gasteiger partial charge on any atom is -0.331 e. The molecule has 1 aliphatic carbocycles. The normalized spacial score (nSPS) is 23.6. The Kier molecular flexibility index (Phi) is 4.80. The third-order valence-corrected chi connectivity index (χ3v) is 7.92. The molecule has 2 fully saturated rings. The van der Waals surface area contributed by atoms with Crippen molar-refractivity contribution >= 4 is 15.9 Å². The molecular formula is C17H25N3O3S. The van der Waals surface area contributed by atoms with Crippen LogP contribution in [0, 0.1) is 0 Å². The van der Waals surface area contributed by atoms with E-state index in [1.807, 2.05) is 19.1 Å². The predicted octanol–water partition coefficient (Wildman–Crippen LogP) is 2.29. The third kappa shape index (κ3) is 3.27. The molecule has 0 radical (unpaired) electrons. The van der Waals surface area contributed by atoms with E-state index in [1.165, 1.54) is 0 Å². The topological polar surface area (TPSA) is 79.4 Å². The molecule has 1 spiro atoms. The van der Waals surface area contributed by atoms with Gasteiger partial charge in [-0.15, -0.1) is 0 Å². The maximum atomic E-state index is 12.6. The standard InChI is InChI=1S/C17H25N3O3S/c1-14(15-6-5-9-18-12-15)19-16(21)20-10-11-24(22,23)17(13-20)7-3-2-4-8-17/h5-6,9,12,14H,2-4,7-8,10-11,13H2,1H3,(H,19,21)/t14-/m0/s1. The monoisotopic (exact) mass is 351 g/mol. The van der Waals surface area contributed by atoms with Gasteiger partial charge in [0.25, 0.3) is 0 Å². The molecule has 0 unspecified atom stereocenters. The fraction of sp³-hybridized carbons (Fsp3) is 0.647. The quantitative estimate of drug-likeness (QED) is 0.886. The SMILES string of the molecule is C[C@H](NC(=O)N1CCS(=O)(=O)C2(CCCCC2)C1)c1cccnc1. The molecule has 24 heavy (non-hydrogen) atoms. The molecule has 6 nitrogen and oxygen atoms in total. The lowest BCUT2D eigenvalue weighted by Gasteiger charge is -2.44. The molecule has 0 bridgehead atoms. The maximum absolute atomic E-state index is 12.6. The number of urea groups is 1. The van der Waals surface area contributed by atoms with Crippen LogP contribution < -0.4 is 5.32 Å².